The molecule has 0 radical (unpaired) electrons. The topological polar surface area (TPSA) is 105 Å². The predicted molar refractivity (Wildman–Crippen MR) is 118 cm³/mol. The summed E-state index contributed by atoms with van der Waals surface area (Å²) in [5.74, 6) is -0.538. The maximum absolute atomic E-state index is 13.1. The van der Waals surface area contributed by atoms with Gasteiger partial charge in [0.15, 0.2) is 22.6 Å². The molecular formula is C22H24ClN5O3. The van der Waals surface area contributed by atoms with Gasteiger partial charge in [0, 0.05) is 12.3 Å². The molecular weight excluding hydrogens is 418 g/mol. The summed E-state index contributed by atoms with van der Waals surface area (Å²) < 4.78 is 14.4. The number of nitrogens with zero attached hydrogens (tertiary/aromatic N) is 4. The first kappa shape index (κ1) is 21.3. The lowest BCUT2D eigenvalue weighted by Crippen LogP contribution is -2.45. The molecule has 31 heavy (non-hydrogen) atoms. The van der Waals surface area contributed by atoms with Gasteiger partial charge in [0.1, 0.15) is 5.52 Å². The third-order valence-electron chi connectivity index (χ3n) is 5.86. The van der Waals surface area contributed by atoms with E-state index >= 15 is 0 Å². The quantitative estimate of drug-likeness (QED) is 0.347. The van der Waals surface area contributed by atoms with Crippen molar-refractivity contribution in [2.75, 3.05) is 5.73 Å². The number of carbonyl (C=O) groups excluding carboxylic acids is 1. The zero-order valence-electron chi connectivity index (χ0n) is 17.4. The number of hydrogen-bond acceptors (Lipinski definition) is 7. The van der Waals surface area contributed by atoms with E-state index in [-0.39, 0.29) is 23.1 Å². The fourth-order valence-corrected chi connectivity index (χ4v) is 4.48. The number of ether oxygens (including phenoxy) is 2. The Balaban J connectivity index is 1.84. The number of imidazole rings is 1. The molecule has 3 unspecified atom stereocenters. The number of esters is 1. The van der Waals surface area contributed by atoms with E-state index in [4.69, 9.17) is 26.8 Å². The van der Waals surface area contributed by atoms with Crippen LogP contribution in [0.1, 0.15) is 43.3 Å². The summed E-state index contributed by atoms with van der Waals surface area (Å²) >= 11 is 6.21. The van der Waals surface area contributed by atoms with Crippen LogP contribution in [0.5, 0.6) is 0 Å². The van der Waals surface area contributed by atoms with Crippen LogP contribution in [0.2, 0.25) is 5.15 Å². The normalized spacial score (nSPS) is 25.6. The largest absolute Gasteiger partial charge is 0.450 e. The molecule has 0 bridgehead atoms. The number of rotatable bonds is 6. The highest BCUT2D eigenvalue weighted by Crippen LogP contribution is 2.49. The van der Waals surface area contributed by atoms with Gasteiger partial charge in [0.2, 0.25) is 5.95 Å². The zero-order chi connectivity index (χ0) is 22.2. The van der Waals surface area contributed by atoms with Crippen LogP contribution in [0.25, 0.3) is 11.2 Å². The van der Waals surface area contributed by atoms with Gasteiger partial charge in [-0.15, -0.1) is 6.58 Å². The lowest BCUT2D eigenvalue weighted by Gasteiger charge is -2.36. The molecule has 1 aliphatic rings. The SMILES string of the molecule is C=CC[C@@]1(OC(=O)c2ccccc2)C(C)C(CC)OC1n1cnc2c(Cl)nc(N)nc21. The molecule has 2 N–H and O–H groups in total. The molecule has 1 aliphatic heterocycles. The minimum absolute atomic E-state index is 0.0212. The highest BCUT2D eigenvalue weighted by molar-refractivity contribution is 6.33. The third-order valence-corrected chi connectivity index (χ3v) is 6.12. The molecule has 0 saturated carbocycles. The zero-order valence-corrected chi connectivity index (χ0v) is 18.1. The molecule has 1 fully saturated rings. The van der Waals surface area contributed by atoms with E-state index in [2.05, 4.69) is 21.5 Å². The highest BCUT2D eigenvalue weighted by Gasteiger charge is 2.57. The summed E-state index contributed by atoms with van der Waals surface area (Å²) in [6, 6.07) is 8.87. The van der Waals surface area contributed by atoms with Crippen molar-refractivity contribution in [2.24, 2.45) is 5.92 Å². The first-order valence-corrected chi connectivity index (χ1v) is 10.5. The van der Waals surface area contributed by atoms with E-state index in [1.54, 1.807) is 41.2 Å². The van der Waals surface area contributed by atoms with Crippen LogP contribution in [-0.4, -0.2) is 37.2 Å². The molecule has 3 heterocycles. The van der Waals surface area contributed by atoms with Gasteiger partial charge in [0.05, 0.1) is 18.0 Å². The fraction of sp³-hybridized carbons (Fsp3) is 0.364. The van der Waals surface area contributed by atoms with Gasteiger partial charge >= 0.3 is 5.97 Å². The van der Waals surface area contributed by atoms with Crippen molar-refractivity contribution in [1.82, 2.24) is 19.5 Å². The predicted octanol–water partition coefficient (Wildman–Crippen LogP) is 4.18. The minimum Gasteiger partial charge on any atom is -0.450 e. The molecule has 9 heteroatoms. The molecule has 162 valence electrons. The first-order chi connectivity index (χ1) is 14.9. The fourth-order valence-electron chi connectivity index (χ4n) is 4.26. The molecule has 1 aromatic carbocycles. The van der Waals surface area contributed by atoms with Gasteiger partial charge < -0.3 is 15.2 Å². The number of benzene rings is 1. The monoisotopic (exact) mass is 441 g/mol. The number of halogens is 1. The summed E-state index contributed by atoms with van der Waals surface area (Å²) in [7, 11) is 0. The Kier molecular flexibility index (Phi) is 5.68. The van der Waals surface area contributed by atoms with Crippen molar-refractivity contribution >= 4 is 34.7 Å². The third kappa shape index (κ3) is 3.55. The van der Waals surface area contributed by atoms with Crippen molar-refractivity contribution in [3.8, 4) is 0 Å². The highest BCUT2D eigenvalue weighted by atomic mass is 35.5. The Hall–Kier alpha value is -2.97. The number of aromatic nitrogens is 4. The van der Waals surface area contributed by atoms with Gasteiger partial charge in [-0.25, -0.2) is 9.78 Å². The maximum atomic E-state index is 13.1. The van der Waals surface area contributed by atoms with Gasteiger partial charge in [-0.3, -0.25) is 4.57 Å². The lowest BCUT2D eigenvalue weighted by atomic mass is 9.82. The van der Waals surface area contributed by atoms with E-state index in [0.717, 1.165) is 6.42 Å². The van der Waals surface area contributed by atoms with Crippen LogP contribution in [0.15, 0.2) is 49.3 Å². The molecule has 2 aromatic heterocycles. The van der Waals surface area contributed by atoms with Crippen LogP contribution < -0.4 is 5.73 Å². The molecule has 0 spiro atoms. The minimum atomic E-state index is -1.03. The second-order valence-electron chi connectivity index (χ2n) is 7.62. The Morgan fingerprint density at radius 1 is 1.39 bits per heavy atom. The van der Waals surface area contributed by atoms with Gasteiger partial charge in [-0.2, -0.15) is 9.97 Å². The molecule has 0 amide bonds. The molecule has 3 aromatic rings. The number of anilines is 1. The van der Waals surface area contributed by atoms with Crippen molar-refractivity contribution in [3.63, 3.8) is 0 Å². The van der Waals surface area contributed by atoms with Gasteiger partial charge in [0.25, 0.3) is 0 Å². The summed E-state index contributed by atoms with van der Waals surface area (Å²) in [5.41, 5.74) is 6.06. The molecule has 0 aliphatic carbocycles. The Bertz CT molecular complexity index is 1120. The summed E-state index contributed by atoms with van der Waals surface area (Å²) in [4.78, 5) is 25.7. The second kappa shape index (κ2) is 8.28. The van der Waals surface area contributed by atoms with Crippen molar-refractivity contribution < 1.29 is 14.3 Å². The molecule has 4 atom stereocenters. The van der Waals surface area contributed by atoms with E-state index in [9.17, 15) is 4.79 Å². The standard InChI is InChI=1S/C22H24ClN5O3/c1-4-11-22(31-19(29)14-9-7-6-8-10-14)13(3)15(5-2)30-20(22)28-12-25-16-17(23)26-21(24)27-18(16)28/h4,6-10,12-13,15,20H,1,5,11H2,2-3H3,(H2,24,26,27)/t13?,15?,20?,22-/m1/s1. The van der Waals surface area contributed by atoms with Crippen LogP contribution in [0, 0.1) is 5.92 Å². The van der Waals surface area contributed by atoms with Crippen LogP contribution >= 0.6 is 11.6 Å². The molecule has 8 nitrogen and oxygen atoms in total. The van der Waals surface area contributed by atoms with Gasteiger partial charge in [-0.05, 0) is 18.6 Å². The van der Waals surface area contributed by atoms with E-state index in [1.807, 2.05) is 19.9 Å². The lowest BCUT2D eigenvalue weighted by molar-refractivity contribution is -0.103. The van der Waals surface area contributed by atoms with Crippen molar-refractivity contribution in [1.29, 1.82) is 0 Å². The van der Waals surface area contributed by atoms with Crippen LogP contribution in [0.4, 0.5) is 5.95 Å². The van der Waals surface area contributed by atoms with Crippen molar-refractivity contribution in [2.45, 2.75) is 44.6 Å². The van der Waals surface area contributed by atoms with Crippen molar-refractivity contribution in [3.05, 3.63) is 60.0 Å². The second-order valence-corrected chi connectivity index (χ2v) is 7.98. The Labute approximate surface area is 185 Å². The number of nitrogen functional groups attached to an aromatic ring is 1. The Morgan fingerprint density at radius 2 is 2.13 bits per heavy atom. The molecule has 1 saturated heterocycles. The number of carbonyl (C=O) groups is 1. The van der Waals surface area contributed by atoms with E-state index in [0.29, 0.717) is 23.1 Å². The summed E-state index contributed by atoms with van der Waals surface area (Å²) in [5, 5.41) is 0.148. The molecule has 4 rings (SSSR count). The van der Waals surface area contributed by atoms with E-state index in [1.165, 1.54) is 0 Å². The first-order valence-electron chi connectivity index (χ1n) is 10.1. The summed E-state index contributed by atoms with van der Waals surface area (Å²) in [6.07, 6.45) is 3.56. The summed E-state index contributed by atoms with van der Waals surface area (Å²) in [6.45, 7) is 7.95. The van der Waals surface area contributed by atoms with Crippen LogP contribution in [-0.2, 0) is 9.47 Å². The number of hydrogen-bond donors (Lipinski definition) is 1. The average molecular weight is 442 g/mol. The average Bonchev–Trinajstić information content (AvgIpc) is 3.28. The number of fused-ring (bicyclic) bond motifs is 1. The van der Waals surface area contributed by atoms with Crippen LogP contribution in [0.3, 0.4) is 0 Å². The van der Waals surface area contributed by atoms with E-state index < -0.39 is 17.8 Å². The Morgan fingerprint density at radius 3 is 2.81 bits per heavy atom. The smallest absolute Gasteiger partial charge is 0.338 e. The number of nitrogens with two attached hydrogens (primary N) is 1. The van der Waals surface area contributed by atoms with Gasteiger partial charge in [-0.1, -0.05) is 49.7 Å². The maximum Gasteiger partial charge on any atom is 0.338 e.